The molecular formula is C20H19N3O2. The smallest absolute Gasteiger partial charge is 0.250 e. The van der Waals surface area contributed by atoms with Crippen molar-refractivity contribution in [2.45, 2.75) is 25.3 Å². The molecule has 0 aromatic heterocycles. The Hall–Kier alpha value is -3.00. The molecule has 1 saturated heterocycles. The van der Waals surface area contributed by atoms with Crippen LogP contribution in [0.25, 0.3) is 0 Å². The molecule has 2 aliphatic rings. The van der Waals surface area contributed by atoms with Gasteiger partial charge in [0.2, 0.25) is 5.91 Å². The number of carbonyl (C=O) groups is 1. The summed E-state index contributed by atoms with van der Waals surface area (Å²) >= 11 is 0. The van der Waals surface area contributed by atoms with Crippen LogP contribution in [0.4, 0.5) is 5.69 Å². The number of amides is 1. The topological polar surface area (TPSA) is 56.6 Å². The van der Waals surface area contributed by atoms with Gasteiger partial charge in [0.05, 0.1) is 0 Å². The highest BCUT2D eigenvalue weighted by Crippen LogP contribution is 2.34. The average molecular weight is 333 g/mol. The van der Waals surface area contributed by atoms with Gasteiger partial charge in [0.1, 0.15) is 17.5 Å². The van der Waals surface area contributed by atoms with Crippen molar-refractivity contribution in [2.75, 3.05) is 18.0 Å². The normalized spacial score (nSPS) is 18.8. The monoisotopic (exact) mass is 333 g/mol. The number of para-hydroxylation sites is 1. The molecule has 1 amide bonds. The van der Waals surface area contributed by atoms with Crippen molar-refractivity contribution in [1.82, 2.24) is 4.90 Å². The van der Waals surface area contributed by atoms with E-state index in [-0.39, 0.29) is 11.9 Å². The summed E-state index contributed by atoms with van der Waals surface area (Å²) in [7, 11) is 0. The highest BCUT2D eigenvalue weighted by molar-refractivity contribution is 5.99. The van der Waals surface area contributed by atoms with Crippen molar-refractivity contribution < 1.29 is 9.53 Å². The van der Waals surface area contributed by atoms with Crippen molar-refractivity contribution in [3.05, 3.63) is 54.1 Å². The fraction of sp³-hybridized carbons (Fsp3) is 0.300. The zero-order valence-electron chi connectivity index (χ0n) is 13.9. The molecule has 0 bridgehead atoms. The molecule has 1 atom stereocenters. The fourth-order valence-corrected chi connectivity index (χ4v) is 3.62. The predicted molar refractivity (Wildman–Crippen MR) is 94.4 cm³/mol. The van der Waals surface area contributed by atoms with Crippen LogP contribution < -0.4 is 9.64 Å². The summed E-state index contributed by atoms with van der Waals surface area (Å²) in [6.07, 6.45) is 4.61. The minimum absolute atomic E-state index is 0.0366. The maximum atomic E-state index is 12.9. The van der Waals surface area contributed by atoms with Gasteiger partial charge >= 0.3 is 0 Å². The zero-order valence-corrected chi connectivity index (χ0v) is 13.9. The van der Waals surface area contributed by atoms with Crippen molar-refractivity contribution in [3.63, 3.8) is 0 Å². The van der Waals surface area contributed by atoms with Crippen molar-refractivity contribution >= 4 is 11.6 Å². The molecule has 4 rings (SSSR count). The van der Waals surface area contributed by atoms with Gasteiger partial charge in [-0.25, -0.2) is 0 Å². The van der Waals surface area contributed by atoms with Crippen LogP contribution in [0, 0.1) is 11.5 Å². The number of hydrogen-bond acceptors (Lipinski definition) is 4. The lowest BCUT2D eigenvalue weighted by molar-refractivity contribution is -0.121. The molecule has 0 saturated carbocycles. The molecule has 1 fully saturated rings. The Labute approximate surface area is 147 Å². The van der Waals surface area contributed by atoms with Gasteiger partial charge in [0.25, 0.3) is 0 Å². The van der Waals surface area contributed by atoms with Crippen LogP contribution in [-0.2, 0) is 11.2 Å². The van der Waals surface area contributed by atoms with Gasteiger partial charge in [-0.05, 0) is 55.2 Å². The molecule has 126 valence electrons. The number of fused-ring (bicyclic) bond motifs is 1. The molecule has 2 aromatic carbocycles. The molecular weight excluding hydrogens is 314 g/mol. The first-order valence-electron chi connectivity index (χ1n) is 8.60. The number of ether oxygens (including phenoxy) is 1. The second-order valence-electron chi connectivity index (χ2n) is 6.40. The van der Waals surface area contributed by atoms with E-state index in [1.807, 2.05) is 53.4 Å². The molecule has 0 radical (unpaired) electrons. The molecule has 25 heavy (non-hydrogen) atoms. The minimum Gasteiger partial charge on any atom is -0.457 e. The molecule has 2 aliphatic heterocycles. The fourth-order valence-electron chi connectivity index (χ4n) is 3.62. The van der Waals surface area contributed by atoms with Crippen LogP contribution in [-0.4, -0.2) is 29.9 Å². The van der Waals surface area contributed by atoms with Crippen LogP contribution in [0.3, 0.4) is 0 Å². The molecule has 2 heterocycles. The predicted octanol–water partition coefficient (Wildman–Crippen LogP) is 3.31. The van der Waals surface area contributed by atoms with Crippen LogP contribution in [0.2, 0.25) is 0 Å². The summed E-state index contributed by atoms with van der Waals surface area (Å²) < 4.78 is 5.88. The quantitative estimate of drug-likeness (QED) is 0.809. The Bertz CT molecular complexity index is 829. The third-order valence-corrected chi connectivity index (χ3v) is 4.86. The van der Waals surface area contributed by atoms with E-state index in [1.165, 1.54) is 0 Å². The van der Waals surface area contributed by atoms with Crippen LogP contribution in [0.15, 0.2) is 48.5 Å². The van der Waals surface area contributed by atoms with Crippen LogP contribution in [0.5, 0.6) is 11.5 Å². The number of nitriles is 1. The Morgan fingerprint density at radius 3 is 2.76 bits per heavy atom. The van der Waals surface area contributed by atoms with Crippen LogP contribution >= 0.6 is 0 Å². The van der Waals surface area contributed by atoms with E-state index in [4.69, 9.17) is 4.74 Å². The third-order valence-electron chi connectivity index (χ3n) is 4.86. The number of rotatable bonds is 3. The van der Waals surface area contributed by atoms with Gasteiger partial charge in [-0.1, -0.05) is 18.2 Å². The van der Waals surface area contributed by atoms with Gasteiger partial charge < -0.3 is 9.64 Å². The number of hydrogen-bond donors (Lipinski definition) is 0. The Morgan fingerprint density at radius 1 is 1.12 bits per heavy atom. The van der Waals surface area contributed by atoms with Gasteiger partial charge in [0, 0.05) is 18.8 Å². The van der Waals surface area contributed by atoms with Gasteiger partial charge in [-0.15, -0.1) is 0 Å². The van der Waals surface area contributed by atoms with E-state index in [1.54, 1.807) is 4.90 Å². The average Bonchev–Trinajstić information content (AvgIpc) is 3.28. The Balaban J connectivity index is 1.53. The van der Waals surface area contributed by atoms with E-state index in [9.17, 15) is 10.1 Å². The first kappa shape index (κ1) is 15.5. The molecule has 0 N–H and O–H groups in total. The second kappa shape index (κ2) is 6.48. The summed E-state index contributed by atoms with van der Waals surface area (Å²) in [6.45, 7) is 1.34. The van der Waals surface area contributed by atoms with Gasteiger partial charge in [-0.2, -0.15) is 5.26 Å². The lowest BCUT2D eigenvalue weighted by Gasteiger charge is -2.24. The molecule has 0 unspecified atom stereocenters. The number of anilines is 1. The maximum Gasteiger partial charge on any atom is 0.250 e. The van der Waals surface area contributed by atoms with E-state index in [0.717, 1.165) is 42.0 Å². The lowest BCUT2D eigenvalue weighted by Crippen LogP contribution is -2.43. The standard InChI is InChI=1S/C20H19N3O2/c21-14-22-11-4-7-19(22)20(24)23-12-10-15-13-17(8-9-18(15)23)25-16-5-2-1-3-6-16/h1-3,5-6,8-9,13,19H,4,7,10-12H2/t19-/m0/s1. The number of likely N-dealkylation sites (tertiary alicyclic amines) is 1. The summed E-state index contributed by atoms with van der Waals surface area (Å²) in [4.78, 5) is 16.3. The minimum atomic E-state index is -0.309. The van der Waals surface area contributed by atoms with Gasteiger partial charge in [0.15, 0.2) is 6.19 Å². The van der Waals surface area contributed by atoms with Gasteiger partial charge in [-0.3, -0.25) is 9.69 Å². The Morgan fingerprint density at radius 2 is 1.96 bits per heavy atom. The summed E-state index contributed by atoms with van der Waals surface area (Å²) in [5.41, 5.74) is 2.05. The highest BCUT2D eigenvalue weighted by atomic mass is 16.5. The summed E-state index contributed by atoms with van der Waals surface area (Å²) in [5, 5.41) is 9.19. The van der Waals surface area contributed by atoms with E-state index < -0.39 is 0 Å². The molecule has 0 aliphatic carbocycles. The lowest BCUT2D eigenvalue weighted by atomic mass is 10.1. The summed E-state index contributed by atoms with van der Waals surface area (Å²) in [6, 6.07) is 15.2. The third kappa shape index (κ3) is 2.91. The zero-order chi connectivity index (χ0) is 17.2. The summed E-state index contributed by atoms with van der Waals surface area (Å²) in [5.74, 6) is 1.61. The molecule has 5 nitrogen and oxygen atoms in total. The SMILES string of the molecule is N#CN1CCC[C@H]1C(=O)N1CCc2cc(Oc3ccccc3)ccc21. The van der Waals surface area contributed by atoms with E-state index >= 15 is 0 Å². The molecule has 2 aromatic rings. The first-order valence-corrected chi connectivity index (χ1v) is 8.60. The first-order chi connectivity index (χ1) is 12.3. The maximum absolute atomic E-state index is 12.9. The van der Waals surface area contributed by atoms with Crippen LogP contribution in [0.1, 0.15) is 18.4 Å². The van der Waals surface area contributed by atoms with E-state index in [2.05, 4.69) is 6.19 Å². The largest absolute Gasteiger partial charge is 0.457 e. The number of carbonyl (C=O) groups excluding carboxylic acids is 1. The van der Waals surface area contributed by atoms with Crippen molar-refractivity contribution in [3.8, 4) is 17.7 Å². The second-order valence-corrected chi connectivity index (χ2v) is 6.40. The molecule has 0 spiro atoms. The highest BCUT2D eigenvalue weighted by Gasteiger charge is 2.36. The number of benzene rings is 2. The molecule has 5 heteroatoms. The van der Waals surface area contributed by atoms with Crippen molar-refractivity contribution in [2.24, 2.45) is 0 Å². The van der Waals surface area contributed by atoms with E-state index in [0.29, 0.717) is 13.1 Å². The Kier molecular flexibility index (Phi) is 4.02. The number of nitrogens with zero attached hydrogens (tertiary/aromatic N) is 3. The van der Waals surface area contributed by atoms with Crippen molar-refractivity contribution in [1.29, 1.82) is 5.26 Å².